The molecule has 1 heterocycles. The Bertz CT molecular complexity index is 456. The van der Waals surface area contributed by atoms with Gasteiger partial charge in [-0.25, -0.2) is 4.79 Å². The van der Waals surface area contributed by atoms with Crippen LogP contribution in [0.15, 0.2) is 24.3 Å². The monoisotopic (exact) mass is 290 g/mol. The lowest BCUT2D eigenvalue weighted by atomic mass is 9.77. The number of nitrogens with one attached hydrogen (secondary N) is 1. The molecule has 0 saturated carbocycles. The van der Waals surface area contributed by atoms with Crippen LogP contribution in [0.2, 0.25) is 0 Å². The molecule has 1 aliphatic rings. The Morgan fingerprint density at radius 1 is 1.29 bits per heavy atom. The second-order valence-corrected chi connectivity index (χ2v) is 6.14. The van der Waals surface area contributed by atoms with Crippen LogP contribution in [0.5, 0.6) is 0 Å². The summed E-state index contributed by atoms with van der Waals surface area (Å²) in [4.78, 5) is 14.0. The predicted octanol–water partition coefficient (Wildman–Crippen LogP) is 2.69. The van der Waals surface area contributed by atoms with Gasteiger partial charge in [-0.15, -0.1) is 0 Å². The number of hydrogen-bond donors (Lipinski definition) is 2. The van der Waals surface area contributed by atoms with Crippen LogP contribution in [0, 0.1) is 12.3 Å². The average molecular weight is 290 g/mol. The number of hydrogen-bond acceptors (Lipinski definition) is 2. The van der Waals surface area contributed by atoms with Crippen LogP contribution < -0.4 is 5.32 Å². The molecule has 1 aromatic carbocycles. The van der Waals surface area contributed by atoms with E-state index in [0.29, 0.717) is 6.54 Å². The number of benzene rings is 1. The first-order valence-corrected chi connectivity index (χ1v) is 7.78. The Hall–Kier alpha value is -1.55. The molecule has 0 bridgehead atoms. The molecule has 0 aromatic heterocycles. The van der Waals surface area contributed by atoms with Crippen LogP contribution in [0.25, 0.3) is 0 Å². The van der Waals surface area contributed by atoms with Crippen LogP contribution in [0.4, 0.5) is 4.79 Å². The number of urea groups is 1. The van der Waals surface area contributed by atoms with Gasteiger partial charge in [0.1, 0.15) is 0 Å². The van der Waals surface area contributed by atoms with Gasteiger partial charge in [0.2, 0.25) is 0 Å². The first kappa shape index (κ1) is 15.8. The van der Waals surface area contributed by atoms with E-state index in [9.17, 15) is 9.90 Å². The number of aliphatic hydroxyl groups excluding tert-OH is 1. The third-order valence-electron chi connectivity index (χ3n) is 4.76. The van der Waals surface area contributed by atoms with Crippen molar-refractivity contribution >= 4 is 6.03 Å². The lowest BCUT2D eigenvalue weighted by Crippen LogP contribution is -2.48. The summed E-state index contributed by atoms with van der Waals surface area (Å²) < 4.78 is 0. The number of rotatable bonds is 4. The van der Waals surface area contributed by atoms with Gasteiger partial charge in [0.05, 0.1) is 0 Å². The minimum absolute atomic E-state index is 0.00165. The molecule has 2 amide bonds. The van der Waals surface area contributed by atoms with E-state index in [0.717, 1.165) is 37.9 Å². The molecule has 0 radical (unpaired) electrons. The van der Waals surface area contributed by atoms with Gasteiger partial charge >= 0.3 is 6.03 Å². The van der Waals surface area contributed by atoms with Crippen LogP contribution >= 0.6 is 0 Å². The van der Waals surface area contributed by atoms with E-state index in [4.69, 9.17) is 0 Å². The van der Waals surface area contributed by atoms with Crippen molar-refractivity contribution in [1.29, 1.82) is 0 Å². The van der Waals surface area contributed by atoms with Crippen LogP contribution in [0.3, 0.4) is 0 Å². The second kappa shape index (κ2) is 6.94. The third-order valence-corrected chi connectivity index (χ3v) is 4.76. The van der Waals surface area contributed by atoms with E-state index in [2.05, 4.69) is 31.3 Å². The molecule has 1 fully saturated rings. The summed E-state index contributed by atoms with van der Waals surface area (Å²) in [5.74, 6) is 0. The number of piperidine rings is 1. The Balaban J connectivity index is 1.81. The number of likely N-dealkylation sites (tertiary alicyclic amines) is 1. The average Bonchev–Trinajstić information content (AvgIpc) is 2.54. The second-order valence-electron chi connectivity index (χ2n) is 6.14. The Morgan fingerprint density at radius 2 is 1.90 bits per heavy atom. The lowest BCUT2D eigenvalue weighted by Gasteiger charge is -2.40. The maximum atomic E-state index is 12.2. The summed E-state index contributed by atoms with van der Waals surface area (Å²) in [6.45, 7) is 6.42. The topological polar surface area (TPSA) is 52.6 Å². The molecule has 116 valence electrons. The maximum Gasteiger partial charge on any atom is 0.317 e. The fraction of sp³-hybridized carbons (Fsp3) is 0.588. The van der Waals surface area contributed by atoms with Gasteiger partial charge in [-0.3, -0.25) is 0 Å². The summed E-state index contributed by atoms with van der Waals surface area (Å²) in [7, 11) is 0. The summed E-state index contributed by atoms with van der Waals surface area (Å²) in [6.07, 6.45) is 2.75. The molecule has 2 rings (SSSR count). The van der Waals surface area contributed by atoms with Gasteiger partial charge in [-0.2, -0.15) is 0 Å². The molecule has 4 heteroatoms. The fourth-order valence-electron chi connectivity index (χ4n) is 2.80. The normalized spacial score (nSPS) is 17.6. The Kier molecular flexibility index (Phi) is 5.23. The number of aliphatic hydroxyl groups is 1. The van der Waals surface area contributed by atoms with Crippen molar-refractivity contribution in [2.75, 3.05) is 19.7 Å². The lowest BCUT2D eigenvalue weighted by molar-refractivity contribution is 0.0519. The van der Waals surface area contributed by atoms with E-state index in [1.165, 1.54) is 5.56 Å². The number of carbonyl (C=O) groups excluding carboxylic acids is 1. The largest absolute Gasteiger partial charge is 0.396 e. The highest BCUT2D eigenvalue weighted by molar-refractivity contribution is 5.74. The summed E-state index contributed by atoms with van der Waals surface area (Å²) in [5, 5.41) is 12.5. The highest BCUT2D eigenvalue weighted by Crippen LogP contribution is 2.34. The van der Waals surface area contributed by atoms with Crippen molar-refractivity contribution in [3.63, 3.8) is 0 Å². The zero-order valence-corrected chi connectivity index (χ0v) is 13.1. The van der Waals surface area contributed by atoms with Crippen LogP contribution in [0.1, 0.15) is 37.3 Å². The van der Waals surface area contributed by atoms with Crippen molar-refractivity contribution < 1.29 is 9.90 Å². The summed E-state index contributed by atoms with van der Waals surface area (Å²) in [5.41, 5.74) is 2.36. The number of nitrogens with zero attached hydrogens (tertiary/aromatic N) is 1. The highest BCUT2D eigenvalue weighted by Gasteiger charge is 2.33. The molecule has 1 aliphatic heterocycles. The molecule has 0 unspecified atom stereocenters. The van der Waals surface area contributed by atoms with Gasteiger partial charge in [-0.1, -0.05) is 36.8 Å². The standard InChI is InChI=1S/C17H26N2O2/c1-3-17(13-20)8-10-19(11-9-17)16(21)18-12-15-6-4-14(2)5-7-15/h4-7,20H,3,8-13H2,1-2H3,(H,18,21). The minimum atomic E-state index is -0.00165. The number of aryl methyl sites for hydroxylation is 1. The molecule has 1 aromatic rings. The molecule has 1 saturated heterocycles. The van der Waals surface area contributed by atoms with E-state index in [-0.39, 0.29) is 18.1 Å². The summed E-state index contributed by atoms with van der Waals surface area (Å²) in [6, 6.07) is 8.19. The van der Waals surface area contributed by atoms with Crippen LogP contribution in [-0.4, -0.2) is 35.7 Å². The van der Waals surface area contributed by atoms with Gasteiger partial charge in [0.25, 0.3) is 0 Å². The predicted molar refractivity (Wildman–Crippen MR) is 84.0 cm³/mol. The van der Waals surface area contributed by atoms with Gasteiger partial charge in [0.15, 0.2) is 0 Å². The van der Waals surface area contributed by atoms with Gasteiger partial charge < -0.3 is 15.3 Å². The van der Waals surface area contributed by atoms with Crippen molar-refractivity contribution in [1.82, 2.24) is 10.2 Å². The van der Waals surface area contributed by atoms with Crippen molar-refractivity contribution in [3.05, 3.63) is 35.4 Å². The zero-order chi connectivity index (χ0) is 15.3. The Morgan fingerprint density at radius 3 is 2.43 bits per heavy atom. The quantitative estimate of drug-likeness (QED) is 0.896. The third kappa shape index (κ3) is 3.97. The van der Waals surface area contributed by atoms with Crippen LogP contribution in [-0.2, 0) is 6.54 Å². The van der Waals surface area contributed by atoms with Crippen molar-refractivity contribution in [2.24, 2.45) is 5.41 Å². The number of carbonyl (C=O) groups is 1. The molecule has 2 N–H and O–H groups in total. The first-order valence-electron chi connectivity index (χ1n) is 7.78. The summed E-state index contributed by atoms with van der Waals surface area (Å²) >= 11 is 0. The fourth-order valence-corrected chi connectivity index (χ4v) is 2.80. The number of amides is 2. The van der Waals surface area contributed by atoms with E-state index >= 15 is 0 Å². The SMILES string of the molecule is CCC1(CO)CCN(C(=O)NCc2ccc(C)cc2)CC1. The minimum Gasteiger partial charge on any atom is -0.396 e. The molecule has 0 aliphatic carbocycles. The van der Waals surface area contributed by atoms with Crippen molar-refractivity contribution in [3.8, 4) is 0 Å². The van der Waals surface area contributed by atoms with Gasteiger partial charge in [-0.05, 0) is 37.2 Å². The maximum absolute atomic E-state index is 12.2. The van der Waals surface area contributed by atoms with E-state index in [1.54, 1.807) is 0 Å². The molecule has 21 heavy (non-hydrogen) atoms. The first-order chi connectivity index (χ1) is 10.1. The molecular formula is C17H26N2O2. The highest BCUT2D eigenvalue weighted by atomic mass is 16.3. The molecule has 0 atom stereocenters. The van der Waals surface area contributed by atoms with Crippen molar-refractivity contribution in [2.45, 2.75) is 39.7 Å². The smallest absolute Gasteiger partial charge is 0.317 e. The molecular weight excluding hydrogens is 264 g/mol. The molecule has 0 spiro atoms. The Labute approximate surface area is 127 Å². The van der Waals surface area contributed by atoms with E-state index < -0.39 is 0 Å². The van der Waals surface area contributed by atoms with Gasteiger partial charge in [0, 0.05) is 26.2 Å². The van der Waals surface area contributed by atoms with E-state index in [1.807, 2.05) is 17.0 Å². The zero-order valence-electron chi connectivity index (χ0n) is 13.1. The molecule has 4 nitrogen and oxygen atoms in total.